The van der Waals surface area contributed by atoms with Crippen LogP contribution in [0.4, 0.5) is 0 Å². The van der Waals surface area contributed by atoms with Gasteiger partial charge in [0, 0.05) is 18.3 Å². The van der Waals surface area contributed by atoms with Crippen LogP contribution in [0, 0.1) is 6.92 Å². The number of nitrogens with one attached hydrogen (secondary N) is 1. The number of nitrogens with zero attached hydrogens (tertiary/aromatic N) is 1. The molecule has 5 heteroatoms. The lowest BCUT2D eigenvalue weighted by Crippen LogP contribution is -2.25. The van der Waals surface area contributed by atoms with Gasteiger partial charge < -0.3 is 9.73 Å². The average molecular weight is 278 g/mol. The maximum Gasteiger partial charge on any atom is 0.270 e. The molecule has 0 saturated heterocycles. The summed E-state index contributed by atoms with van der Waals surface area (Å²) in [6, 6.07) is 3.86. The number of hydrogen-bond acceptors (Lipinski definition) is 4. The molecule has 0 aliphatic carbocycles. The minimum absolute atomic E-state index is 0.109. The first kappa shape index (κ1) is 13.8. The van der Waals surface area contributed by atoms with Gasteiger partial charge in [0.05, 0.1) is 5.01 Å². The molecule has 0 aromatic carbocycles. The zero-order valence-electron chi connectivity index (χ0n) is 11.2. The van der Waals surface area contributed by atoms with Gasteiger partial charge in [-0.25, -0.2) is 4.98 Å². The zero-order chi connectivity index (χ0) is 13.7. The Morgan fingerprint density at radius 3 is 2.95 bits per heavy atom. The molecule has 1 N–H and O–H groups in total. The van der Waals surface area contributed by atoms with Gasteiger partial charge in [-0.2, -0.15) is 0 Å². The standard InChI is InChI=1S/C14H18N2O2S/c1-3-4-13-16-12(9-19-13)14(17)15-8-7-11-6-5-10(2)18-11/h5-6,9H,3-4,7-8H2,1-2H3,(H,15,17). The Hall–Kier alpha value is -1.62. The molecule has 0 saturated carbocycles. The predicted molar refractivity (Wildman–Crippen MR) is 75.6 cm³/mol. The van der Waals surface area contributed by atoms with Crippen LogP contribution in [0.2, 0.25) is 0 Å². The van der Waals surface area contributed by atoms with Crippen molar-refractivity contribution in [3.63, 3.8) is 0 Å². The number of amides is 1. The minimum Gasteiger partial charge on any atom is -0.466 e. The minimum atomic E-state index is -0.109. The van der Waals surface area contributed by atoms with E-state index in [9.17, 15) is 4.79 Å². The SMILES string of the molecule is CCCc1nc(C(=O)NCCc2ccc(C)o2)cs1. The monoisotopic (exact) mass is 278 g/mol. The average Bonchev–Trinajstić information content (AvgIpc) is 2.99. The smallest absolute Gasteiger partial charge is 0.270 e. The van der Waals surface area contributed by atoms with E-state index >= 15 is 0 Å². The molecular formula is C14H18N2O2S. The summed E-state index contributed by atoms with van der Waals surface area (Å²) in [7, 11) is 0. The second-order valence-corrected chi connectivity index (χ2v) is 5.34. The third-order valence-electron chi connectivity index (χ3n) is 2.70. The molecule has 0 spiro atoms. The third kappa shape index (κ3) is 3.92. The van der Waals surface area contributed by atoms with Crippen LogP contribution in [0.25, 0.3) is 0 Å². The second-order valence-electron chi connectivity index (χ2n) is 4.39. The maximum atomic E-state index is 11.9. The van der Waals surface area contributed by atoms with E-state index in [-0.39, 0.29) is 5.91 Å². The van der Waals surface area contributed by atoms with Gasteiger partial charge in [-0.05, 0) is 31.9 Å². The highest BCUT2D eigenvalue weighted by Gasteiger charge is 2.10. The fraction of sp³-hybridized carbons (Fsp3) is 0.429. The quantitative estimate of drug-likeness (QED) is 0.883. The van der Waals surface area contributed by atoms with Gasteiger partial charge in [0.1, 0.15) is 17.2 Å². The number of furan rings is 1. The lowest BCUT2D eigenvalue weighted by atomic mass is 10.3. The van der Waals surface area contributed by atoms with Gasteiger partial charge in [0.15, 0.2) is 0 Å². The first-order valence-corrected chi connectivity index (χ1v) is 7.35. The third-order valence-corrected chi connectivity index (χ3v) is 3.61. The Bertz CT molecular complexity index is 545. The highest BCUT2D eigenvalue weighted by atomic mass is 32.1. The topological polar surface area (TPSA) is 55.1 Å². The number of rotatable bonds is 6. The first-order chi connectivity index (χ1) is 9.19. The Kier molecular flexibility index (Phi) is 4.74. The van der Waals surface area contributed by atoms with E-state index in [0.29, 0.717) is 18.7 Å². The molecular weight excluding hydrogens is 260 g/mol. The molecule has 0 bridgehead atoms. The van der Waals surface area contributed by atoms with E-state index in [2.05, 4.69) is 17.2 Å². The summed E-state index contributed by atoms with van der Waals surface area (Å²) in [4.78, 5) is 16.2. The van der Waals surface area contributed by atoms with Crippen LogP contribution in [0.15, 0.2) is 21.9 Å². The molecule has 19 heavy (non-hydrogen) atoms. The molecule has 0 radical (unpaired) electrons. The van der Waals surface area contributed by atoms with Crippen molar-refractivity contribution >= 4 is 17.2 Å². The van der Waals surface area contributed by atoms with Crippen molar-refractivity contribution in [2.45, 2.75) is 33.1 Å². The number of carbonyl (C=O) groups is 1. The second kappa shape index (κ2) is 6.52. The van der Waals surface area contributed by atoms with Gasteiger partial charge >= 0.3 is 0 Å². The zero-order valence-corrected chi connectivity index (χ0v) is 12.0. The van der Waals surface area contributed by atoms with Gasteiger partial charge in [-0.1, -0.05) is 6.92 Å². The normalized spacial score (nSPS) is 10.6. The molecule has 102 valence electrons. The van der Waals surface area contributed by atoms with E-state index in [1.165, 1.54) is 0 Å². The summed E-state index contributed by atoms with van der Waals surface area (Å²) >= 11 is 1.55. The highest BCUT2D eigenvalue weighted by molar-refractivity contribution is 7.09. The van der Waals surface area contributed by atoms with Crippen LogP contribution in [0.3, 0.4) is 0 Å². The van der Waals surface area contributed by atoms with E-state index in [1.54, 1.807) is 11.3 Å². The van der Waals surface area contributed by atoms with Gasteiger partial charge in [0.25, 0.3) is 5.91 Å². The summed E-state index contributed by atoms with van der Waals surface area (Å²) in [6.07, 6.45) is 2.68. The van der Waals surface area contributed by atoms with Crippen molar-refractivity contribution in [3.05, 3.63) is 39.7 Å². The first-order valence-electron chi connectivity index (χ1n) is 6.47. The Labute approximate surface area is 116 Å². The molecule has 1 amide bonds. The van der Waals surface area contributed by atoms with Crippen LogP contribution >= 0.6 is 11.3 Å². The number of aromatic nitrogens is 1. The summed E-state index contributed by atoms with van der Waals surface area (Å²) in [5.74, 6) is 1.68. The Morgan fingerprint density at radius 2 is 2.26 bits per heavy atom. The van der Waals surface area contributed by atoms with Crippen molar-refractivity contribution in [2.24, 2.45) is 0 Å². The van der Waals surface area contributed by atoms with E-state index in [4.69, 9.17) is 4.42 Å². The maximum absolute atomic E-state index is 11.9. The lowest BCUT2D eigenvalue weighted by Gasteiger charge is -2.01. The summed E-state index contributed by atoms with van der Waals surface area (Å²) in [5.41, 5.74) is 0.518. The van der Waals surface area contributed by atoms with E-state index in [1.807, 2.05) is 24.4 Å². The molecule has 0 aliphatic rings. The van der Waals surface area contributed by atoms with Gasteiger partial charge in [0.2, 0.25) is 0 Å². The number of thiazole rings is 1. The molecule has 0 unspecified atom stereocenters. The van der Waals surface area contributed by atoms with E-state index < -0.39 is 0 Å². The lowest BCUT2D eigenvalue weighted by molar-refractivity contribution is 0.0949. The van der Waals surface area contributed by atoms with Crippen LogP contribution in [0.5, 0.6) is 0 Å². The van der Waals surface area contributed by atoms with Crippen molar-refractivity contribution in [3.8, 4) is 0 Å². The highest BCUT2D eigenvalue weighted by Crippen LogP contribution is 2.11. The van der Waals surface area contributed by atoms with E-state index in [0.717, 1.165) is 29.4 Å². The molecule has 4 nitrogen and oxygen atoms in total. The van der Waals surface area contributed by atoms with Crippen molar-refractivity contribution in [1.82, 2.24) is 10.3 Å². The molecule has 2 rings (SSSR count). The van der Waals surface area contributed by atoms with Crippen molar-refractivity contribution < 1.29 is 9.21 Å². The number of hydrogen-bond donors (Lipinski definition) is 1. The summed E-state index contributed by atoms with van der Waals surface area (Å²) in [6.45, 7) is 4.57. The van der Waals surface area contributed by atoms with Crippen molar-refractivity contribution in [2.75, 3.05) is 6.54 Å². The molecule has 2 aromatic heterocycles. The largest absolute Gasteiger partial charge is 0.466 e. The molecule has 2 aromatic rings. The molecule has 0 atom stereocenters. The Balaban J connectivity index is 1.80. The fourth-order valence-corrected chi connectivity index (χ4v) is 2.63. The van der Waals surface area contributed by atoms with Crippen LogP contribution in [0.1, 0.15) is 40.4 Å². The van der Waals surface area contributed by atoms with Crippen LogP contribution in [-0.2, 0) is 12.8 Å². The number of carbonyl (C=O) groups excluding carboxylic acids is 1. The van der Waals surface area contributed by atoms with Crippen LogP contribution in [-0.4, -0.2) is 17.4 Å². The van der Waals surface area contributed by atoms with Gasteiger partial charge in [-0.3, -0.25) is 4.79 Å². The molecule has 0 fully saturated rings. The van der Waals surface area contributed by atoms with Crippen molar-refractivity contribution in [1.29, 1.82) is 0 Å². The Morgan fingerprint density at radius 1 is 1.42 bits per heavy atom. The van der Waals surface area contributed by atoms with Gasteiger partial charge in [-0.15, -0.1) is 11.3 Å². The molecule has 2 heterocycles. The van der Waals surface area contributed by atoms with Crippen LogP contribution < -0.4 is 5.32 Å². The predicted octanol–water partition coefficient (Wildman–Crippen LogP) is 2.97. The molecule has 0 aliphatic heterocycles. The number of aryl methyl sites for hydroxylation is 2. The summed E-state index contributed by atoms with van der Waals surface area (Å²) < 4.78 is 5.44. The fourth-order valence-electron chi connectivity index (χ4n) is 1.75. The summed E-state index contributed by atoms with van der Waals surface area (Å²) in [5, 5.41) is 5.70.